The van der Waals surface area contributed by atoms with Crippen molar-refractivity contribution in [3.8, 4) is 0 Å². The molecule has 1 aromatic carbocycles. The molecular formula is C15H13NO4. The molecule has 2 fully saturated rings. The third kappa shape index (κ3) is 2.47. The minimum absolute atomic E-state index is 0.115. The molecule has 1 aromatic rings. The first-order valence-corrected chi connectivity index (χ1v) is 6.48. The molecule has 1 heterocycles. The number of hydrogen-bond acceptors (Lipinski definition) is 4. The normalized spacial score (nSPS) is 23.3. The summed E-state index contributed by atoms with van der Waals surface area (Å²) in [6, 6.07) is 9.65. The van der Waals surface area contributed by atoms with Crippen molar-refractivity contribution in [3.05, 3.63) is 41.5 Å². The predicted molar refractivity (Wildman–Crippen MR) is 69.7 cm³/mol. The van der Waals surface area contributed by atoms with Crippen molar-refractivity contribution in [1.82, 2.24) is 5.06 Å². The van der Waals surface area contributed by atoms with E-state index < -0.39 is 17.8 Å². The van der Waals surface area contributed by atoms with E-state index in [1.54, 1.807) is 0 Å². The average molecular weight is 271 g/mol. The van der Waals surface area contributed by atoms with E-state index in [4.69, 9.17) is 4.84 Å². The summed E-state index contributed by atoms with van der Waals surface area (Å²) in [5.74, 6) is -1.76. The average Bonchev–Trinajstić information content (AvgIpc) is 3.15. The smallest absolute Gasteiger partial charge is 0.330 e. The maximum Gasteiger partial charge on any atom is 0.340 e. The summed E-state index contributed by atoms with van der Waals surface area (Å²) >= 11 is 0. The second-order valence-corrected chi connectivity index (χ2v) is 4.88. The molecule has 5 heteroatoms. The van der Waals surface area contributed by atoms with E-state index in [9.17, 15) is 14.4 Å². The zero-order valence-electron chi connectivity index (χ0n) is 10.7. The number of amides is 2. The summed E-state index contributed by atoms with van der Waals surface area (Å²) in [4.78, 5) is 39.4. The summed E-state index contributed by atoms with van der Waals surface area (Å²) in [5, 5.41) is 0.598. The summed E-state index contributed by atoms with van der Waals surface area (Å²) in [5.41, 5.74) is 1.98. The van der Waals surface area contributed by atoms with Gasteiger partial charge >= 0.3 is 5.97 Å². The molecule has 0 N–H and O–H groups in total. The van der Waals surface area contributed by atoms with Crippen molar-refractivity contribution in [2.24, 2.45) is 5.92 Å². The van der Waals surface area contributed by atoms with Crippen LogP contribution in [0.1, 0.15) is 24.8 Å². The highest BCUT2D eigenvalue weighted by molar-refractivity contribution is 6.02. The minimum Gasteiger partial charge on any atom is -0.330 e. The van der Waals surface area contributed by atoms with Crippen LogP contribution in [-0.4, -0.2) is 22.8 Å². The highest BCUT2D eigenvalue weighted by Gasteiger charge is 2.42. The second kappa shape index (κ2) is 4.92. The van der Waals surface area contributed by atoms with E-state index in [2.05, 4.69) is 0 Å². The molecular weight excluding hydrogens is 258 g/mol. The lowest BCUT2D eigenvalue weighted by molar-refractivity contribution is -0.198. The molecule has 1 aliphatic carbocycles. The highest BCUT2D eigenvalue weighted by atomic mass is 16.7. The van der Waals surface area contributed by atoms with Gasteiger partial charge in [-0.15, -0.1) is 5.06 Å². The SMILES string of the molecule is O=C(ON1C(=O)CCC1=O)[C@@H]1C/C1=C\c1ccccc1. The first-order valence-electron chi connectivity index (χ1n) is 6.48. The van der Waals surface area contributed by atoms with E-state index in [1.807, 2.05) is 36.4 Å². The van der Waals surface area contributed by atoms with E-state index in [0.29, 0.717) is 11.5 Å². The van der Waals surface area contributed by atoms with Crippen LogP contribution in [0.2, 0.25) is 0 Å². The van der Waals surface area contributed by atoms with Crippen LogP contribution in [0.3, 0.4) is 0 Å². The van der Waals surface area contributed by atoms with Crippen molar-refractivity contribution in [2.45, 2.75) is 19.3 Å². The first-order chi connectivity index (χ1) is 9.65. The summed E-state index contributed by atoms with van der Waals surface area (Å²) in [7, 11) is 0. The number of benzene rings is 1. The van der Waals surface area contributed by atoms with Crippen LogP contribution in [0.15, 0.2) is 35.9 Å². The molecule has 102 valence electrons. The highest BCUT2D eigenvalue weighted by Crippen LogP contribution is 2.40. The number of carbonyl (C=O) groups excluding carboxylic acids is 3. The molecule has 1 atom stereocenters. The summed E-state index contributed by atoms with van der Waals surface area (Å²) in [6.45, 7) is 0. The van der Waals surface area contributed by atoms with Gasteiger partial charge in [0.25, 0.3) is 11.8 Å². The zero-order chi connectivity index (χ0) is 14.1. The van der Waals surface area contributed by atoms with Crippen molar-refractivity contribution in [1.29, 1.82) is 0 Å². The predicted octanol–water partition coefficient (Wildman–Crippen LogP) is 1.70. The summed E-state index contributed by atoms with van der Waals surface area (Å²) in [6.07, 6.45) is 2.77. The van der Waals surface area contributed by atoms with Crippen LogP contribution in [0.4, 0.5) is 0 Å². The Hall–Kier alpha value is -2.43. The van der Waals surface area contributed by atoms with Gasteiger partial charge in [0.05, 0.1) is 5.92 Å². The fourth-order valence-electron chi connectivity index (χ4n) is 2.15. The largest absolute Gasteiger partial charge is 0.340 e. The topological polar surface area (TPSA) is 63.7 Å². The minimum atomic E-state index is -0.532. The summed E-state index contributed by atoms with van der Waals surface area (Å²) < 4.78 is 0. The lowest BCUT2D eigenvalue weighted by Crippen LogP contribution is -2.32. The van der Waals surface area contributed by atoms with E-state index >= 15 is 0 Å². The third-order valence-corrected chi connectivity index (χ3v) is 3.35. The van der Waals surface area contributed by atoms with Gasteiger partial charge in [-0.1, -0.05) is 42.0 Å². The van der Waals surface area contributed by atoms with E-state index in [1.165, 1.54) is 0 Å². The standard InChI is InChI=1S/C15H13NO4/c17-13-6-7-14(18)16(13)20-15(19)12-9-11(12)8-10-4-2-1-3-5-10/h1-5,8,12H,6-7,9H2/b11-8+/t12-/m1/s1. The molecule has 0 aromatic heterocycles. The molecule has 1 saturated heterocycles. The molecule has 0 spiro atoms. The Morgan fingerprint density at radius 3 is 2.45 bits per heavy atom. The maximum absolute atomic E-state index is 11.8. The number of imide groups is 1. The zero-order valence-corrected chi connectivity index (χ0v) is 10.7. The second-order valence-electron chi connectivity index (χ2n) is 4.88. The van der Waals surface area contributed by atoms with Gasteiger partial charge in [-0.25, -0.2) is 4.79 Å². The Morgan fingerprint density at radius 1 is 1.15 bits per heavy atom. The molecule has 3 rings (SSSR count). The van der Waals surface area contributed by atoms with Gasteiger partial charge in [-0.05, 0) is 12.0 Å². The molecule has 1 saturated carbocycles. The number of rotatable bonds is 3. The van der Waals surface area contributed by atoms with Crippen molar-refractivity contribution < 1.29 is 19.2 Å². The van der Waals surface area contributed by atoms with Crippen LogP contribution < -0.4 is 0 Å². The molecule has 2 amide bonds. The Bertz CT molecular complexity index is 590. The number of hydroxylamine groups is 2. The lowest BCUT2D eigenvalue weighted by Gasteiger charge is -2.11. The number of nitrogens with zero attached hydrogens (tertiary/aromatic N) is 1. The van der Waals surface area contributed by atoms with Crippen LogP contribution >= 0.6 is 0 Å². The van der Waals surface area contributed by atoms with Gasteiger partial charge < -0.3 is 4.84 Å². The maximum atomic E-state index is 11.8. The first kappa shape index (κ1) is 12.6. The van der Waals surface area contributed by atoms with Crippen molar-refractivity contribution in [3.63, 3.8) is 0 Å². The lowest BCUT2D eigenvalue weighted by atomic mass is 10.2. The fraction of sp³-hybridized carbons (Fsp3) is 0.267. The molecule has 0 unspecified atom stereocenters. The van der Waals surface area contributed by atoms with Crippen LogP contribution in [0.5, 0.6) is 0 Å². The quantitative estimate of drug-likeness (QED) is 0.785. The van der Waals surface area contributed by atoms with Gasteiger partial charge in [0, 0.05) is 12.8 Å². The van der Waals surface area contributed by atoms with Gasteiger partial charge in [0.2, 0.25) is 0 Å². The molecule has 1 aliphatic heterocycles. The Balaban J connectivity index is 1.62. The molecule has 0 bridgehead atoms. The van der Waals surface area contributed by atoms with Crippen LogP contribution in [-0.2, 0) is 19.2 Å². The Kier molecular flexibility index (Phi) is 3.10. The number of carbonyl (C=O) groups is 3. The van der Waals surface area contributed by atoms with Gasteiger partial charge in [0.15, 0.2) is 0 Å². The molecule has 0 radical (unpaired) electrons. The van der Waals surface area contributed by atoms with Crippen molar-refractivity contribution >= 4 is 23.9 Å². The molecule has 2 aliphatic rings. The third-order valence-electron chi connectivity index (χ3n) is 3.35. The number of hydrogen-bond donors (Lipinski definition) is 0. The van der Waals surface area contributed by atoms with Gasteiger partial charge in [0.1, 0.15) is 0 Å². The fourth-order valence-corrected chi connectivity index (χ4v) is 2.15. The van der Waals surface area contributed by atoms with Crippen LogP contribution in [0.25, 0.3) is 6.08 Å². The molecule has 5 nitrogen and oxygen atoms in total. The van der Waals surface area contributed by atoms with E-state index in [-0.39, 0.29) is 18.8 Å². The van der Waals surface area contributed by atoms with Gasteiger partial charge in [-0.3, -0.25) is 9.59 Å². The Labute approximate surface area is 115 Å². The van der Waals surface area contributed by atoms with Crippen molar-refractivity contribution in [2.75, 3.05) is 0 Å². The van der Waals surface area contributed by atoms with E-state index in [0.717, 1.165) is 11.1 Å². The monoisotopic (exact) mass is 271 g/mol. The molecule has 20 heavy (non-hydrogen) atoms. The Morgan fingerprint density at radius 2 is 1.80 bits per heavy atom. The van der Waals surface area contributed by atoms with Crippen LogP contribution in [0, 0.1) is 5.92 Å². The van der Waals surface area contributed by atoms with Gasteiger partial charge in [-0.2, -0.15) is 0 Å².